The van der Waals surface area contributed by atoms with Gasteiger partial charge in [0.15, 0.2) is 5.96 Å². The highest BCUT2D eigenvalue weighted by molar-refractivity contribution is 14.0. The molecule has 1 aromatic rings. The minimum Gasteiger partial charge on any atom is -0.357 e. The molecule has 0 atom stereocenters. The fourth-order valence-electron chi connectivity index (χ4n) is 2.43. The first-order valence-corrected chi connectivity index (χ1v) is 9.45. The molecule has 28 heavy (non-hydrogen) atoms. The number of nitrogens with zero attached hydrogens (tertiary/aromatic N) is 1. The summed E-state index contributed by atoms with van der Waals surface area (Å²) in [6.07, 6.45) is 0.759. The van der Waals surface area contributed by atoms with Crippen molar-refractivity contribution in [2.75, 3.05) is 33.2 Å². The topological polar surface area (TPSA) is 94.6 Å². The molecule has 0 saturated heterocycles. The van der Waals surface area contributed by atoms with Gasteiger partial charge >= 0.3 is 0 Å². The Balaban J connectivity index is 0.00000729. The molecule has 0 unspecified atom stereocenters. The normalized spacial score (nSPS) is 11.2. The van der Waals surface area contributed by atoms with Gasteiger partial charge in [-0.05, 0) is 51.8 Å². The fraction of sp³-hybridized carbons (Fsp3) is 0.550. The molecule has 0 saturated carbocycles. The lowest BCUT2D eigenvalue weighted by Crippen LogP contribution is -2.42. The third-order valence-corrected chi connectivity index (χ3v) is 4.05. The lowest BCUT2D eigenvalue weighted by atomic mass is 9.92. The molecule has 0 heterocycles. The molecule has 0 bridgehead atoms. The zero-order valence-corrected chi connectivity index (χ0v) is 19.8. The Kier molecular flexibility index (Phi) is 12.5. The van der Waals surface area contributed by atoms with E-state index in [0.29, 0.717) is 31.2 Å². The first-order chi connectivity index (χ1) is 12.8. The van der Waals surface area contributed by atoms with Crippen LogP contribution >= 0.6 is 24.0 Å². The highest BCUT2D eigenvalue weighted by Gasteiger charge is 2.26. The number of nitrogens with one attached hydrogen (secondary N) is 4. The van der Waals surface area contributed by atoms with Crippen molar-refractivity contribution in [2.45, 2.75) is 34.1 Å². The fourth-order valence-corrected chi connectivity index (χ4v) is 2.43. The second-order valence-corrected chi connectivity index (χ2v) is 6.89. The van der Waals surface area contributed by atoms with Crippen LogP contribution < -0.4 is 21.3 Å². The number of hydrogen-bond acceptors (Lipinski definition) is 3. The quantitative estimate of drug-likeness (QED) is 0.235. The number of carbonyl (C=O) groups is 2. The van der Waals surface area contributed by atoms with E-state index in [4.69, 9.17) is 0 Å². The SMILES string of the molecule is CCNC(=O)C(C)(C)CN=C(NCC)NCCc1cccc(C(=O)NC)c1.I. The summed E-state index contributed by atoms with van der Waals surface area (Å²) >= 11 is 0. The van der Waals surface area contributed by atoms with Gasteiger partial charge in [-0.1, -0.05) is 12.1 Å². The minimum atomic E-state index is -0.569. The monoisotopic (exact) mass is 503 g/mol. The Hall–Kier alpha value is -1.84. The van der Waals surface area contributed by atoms with Crippen LogP contribution in [0, 0.1) is 5.41 Å². The molecule has 8 heteroatoms. The third kappa shape index (κ3) is 8.90. The molecular formula is C20H34IN5O2. The van der Waals surface area contributed by atoms with E-state index in [1.54, 1.807) is 13.1 Å². The smallest absolute Gasteiger partial charge is 0.251 e. The second kappa shape index (κ2) is 13.4. The van der Waals surface area contributed by atoms with Gasteiger partial charge in [0.2, 0.25) is 5.91 Å². The van der Waals surface area contributed by atoms with Gasteiger partial charge in [0.25, 0.3) is 5.91 Å². The van der Waals surface area contributed by atoms with Crippen molar-refractivity contribution in [3.8, 4) is 0 Å². The van der Waals surface area contributed by atoms with Crippen molar-refractivity contribution in [1.29, 1.82) is 0 Å². The lowest BCUT2D eigenvalue weighted by Gasteiger charge is -2.22. The largest absolute Gasteiger partial charge is 0.357 e. The van der Waals surface area contributed by atoms with Crippen LogP contribution in [0.15, 0.2) is 29.3 Å². The van der Waals surface area contributed by atoms with E-state index in [1.807, 2.05) is 45.9 Å². The predicted octanol–water partition coefficient (Wildman–Crippen LogP) is 1.92. The summed E-state index contributed by atoms with van der Waals surface area (Å²) in [4.78, 5) is 28.4. The van der Waals surface area contributed by atoms with E-state index in [-0.39, 0.29) is 35.8 Å². The van der Waals surface area contributed by atoms with Gasteiger partial charge in [0, 0.05) is 32.2 Å². The van der Waals surface area contributed by atoms with E-state index in [9.17, 15) is 9.59 Å². The molecule has 158 valence electrons. The van der Waals surface area contributed by atoms with E-state index in [2.05, 4.69) is 26.3 Å². The standard InChI is InChI=1S/C20H33N5O2.HI/c1-6-22-18(27)20(3,4)14-25-19(23-7-2)24-12-11-15-9-8-10-16(13-15)17(26)21-5;/h8-10,13H,6-7,11-12,14H2,1-5H3,(H,21,26)(H,22,27)(H2,23,24,25);1H. The van der Waals surface area contributed by atoms with Gasteiger partial charge in [-0.15, -0.1) is 24.0 Å². The Morgan fingerprint density at radius 1 is 1.07 bits per heavy atom. The molecular weight excluding hydrogens is 469 g/mol. The summed E-state index contributed by atoms with van der Waals surface area (Å²) in [6, 6.07) is 7.57. The van der Waals surface area contributed by atoms with Crippen molar-refractivity contribution < 1.29 is 9.59 Å². The van der Waals surface area contributed by atoms with Gasteiger partial charge in [0.05, 0.1) is 12.0 Å². The number of hydrogen-bond donors (Lipinski definition) is 4. The van der Waals surface area contributed by atoms with Crippen molar-refractivity contribution >= 4 is 41.8 Å². The van der Waals surface area contributed by atoms with Crippen LogP contribution in [0.5, 0.6) is 0 Å². The van der Waals surface area contributed by atoms with Crippen LogP contribution in [-0.2, 0) is 11.2 Å². The minimum absolute atomic E-state index is 0. The highest BCUT2D eigenvalue weighted by Crippen LogP contribution is 2.15. The van der Waals surface area contributed by atoms with E-state index in [1.165, 1.54) is 0 Å². The van der Waals surface area contributed by atoms with E-state index < -0.39 is 5.41 Å². The van der Waals surface area contributed by atoms with Crippen LogP contribution in [-0.4, -0.2) is 51.0 Å². The molecule has 1 rings (SSSR count). The molecule has 2 amide bonds. The van der Waals surface area contributed by atoms with Crippen molar-refractivity contribution in [3.63, 3.8) is 0 Å². The number of amides is 2. The van der Waals surface area contributed by atoms with Crippen LogP contribution in [0.1, 0.15) is 43.6 Å². The third-order valence-electron chi connectivity index (χ3n) is 4.05. The zero-order chi connectivity index (χ0) is 20.3. The molecule has 7 nitrogen and oxygen atoms in total. The predicted molar refractivity (Wildman–Crippen MR) is 125 cm³/mol. The number of carbonyl (C=O) groups excluding carboxylic acids is 2. The van der Waals surface area contributed by atoms with Crippen LogP contribution in [0.25, 0.3) is 0 Å². The molecule has 0 aromatic heterocycles. The maximum absolute atomic E-state index is 12.1. The van der Waals surface area contributed by atoms with Gasteiger partial charge < -0.3 is 21.3 Å². The molecule has 0 spiro atoms. The lowest BCUT2D eigenvalue weighted by molar-refractivity contribution is -0.128. The molecule has 0 aliphatic rings. The van der Waals surface area contributed by atoms with Gasteiger partial charge in [-0.2, -0.15) is 0 Å². The Bertz CT molecular complexity index is 662. The maximum Gasteiger partial charge on any atom is 0.251 e. The number of rotatable bonds is 9. The Morgan fingerprint density at radius 3 is 2.36 bits per heavy atom. The first kappa shape index (κ1) is 26.2. The number of aliphatic imine (C=N–C) groups is 1. The summed E-state index contributed by atoms with van der Waals surface area (Å²) in [7, 11) is 1.62. The summed E-state index contributed by atoms with van der Waals surface area (Å²) in [5.41, 5.74) is 1.15. The summed E-state index contributed by atoms with van der Waals surface area (Å²) in [6.45, 7) is 10.1. The Labute approximate surface area is 185 Å². The number of guanidine groups is 1. The summed E-state index contributed by atoms with van der Waals surface area (Å²) in [5.74, 6) is 0.584. The van der Waals surface area contributed by atoms with Crippen molar-refractivity contribution in [1.82, 2.24) is 21.3 Å². The average molecular weight is 503 g/mol. The number of halogens is 1. The van der Waals surface area contributed by atoms with Crippen LogP contribution in [0.3, 0.4) is 0 Å². The number of benzene rings is 1. The first-order valence-electron chi connectivity index (χ1n) is 9.45. The maximum atomic E-state index is 12.1. The molecule has 0 aliphatic heterocycles. The summed E-state index contributed by atoms with van der Waals surface area (Å²) < 4.78 is 0. The molecule has 0 radical (unpaired) electrons. The van der Waals surface area contributed by atoms with Crippen molar-refractivity contribution in [3.05, 3.63) is 35.4 Å². The van der Waals surface area contributed by atoms with Crippen molar-refractivity contribution in [2.24, 2.45) is 10.4 Å². The molecule has 1 aromatic carbocycles. The molecule has 0 aliphatic carbocycles. The van der Waals surface area contributed by atoms with Gasteiger partial charge in [-0.25, -0.2) is 0 Å². The molecule has 0 fully saturated rings. The highest BCUT2D eigenvalue weighted by atomic mass is 127. The summed E-state index contributed by atoms with van der Waals surface area (Å²) in [5, 5.41) is 12.0. The average Bonchev–Trinajstić information content (AvgIpc) is 2.66. The van der Waals surface area contributed by atoms with Crippen LogP contribution in [0.2, 0.25) is 0 Å². The zero-order valence-electron chi connectivity index (χ0n) is 17.5. The Morgan fingerprint density at radius 2 is 1.75 bits per heavy atom. The van der Waals surface area contributed by atoms with Gasteiger partial charge in [0.1, 0.15) is 0 Å². The van der Waals surface area contributed by atoms with Gasteiger partial charge in [-0.3, -0.25) is 14.6 Å². The van der Waals surface area contributed by atoms with Crippen LogP contribution in [0.4, 0.5) is 0 Å². The van der Waals surface area contributed by atoms with E-state index >= 15 is 0 Å². The van der Waals surface area contributed by atoms with E-state index in [0.717, 1.165) is 18.5 Å². The second-order valence-electron chi connectivity index (χ2n) is 6.89. The molecule has 4 N–H and O–H groups in total.